The average molecular weight is 456 g/mol. The van der Waals surface area contributed by atoms with Crippen molar-refractivity contribution in [3.05, 3.63) is 58.4 Å². The number of tetrazole rings is 1. The second-order valence-electron chi connectivity index (χ2n) is 5.33. The minimum atomic E-state index is -4.78. The Morgan fingerprint density at radius 2 is 1.94 bits per heavy atom. The Morgan fingerprint density at radius 3 is 2.42 bits per heavy atom. The molecule has 15 nitrogen and oxygen atoms in total. The summed E-state index contributed by atoms with van der Waals surface area (Å²) in [6, 6.07) is 10.4. The first kappa shape index (κ1) is 24.9. The van der Waals surface area contributed by atoms with E-state index < -0.39 is 31.4 Å². The second-order valence-corrected chi connectivity index (χ2v) is 6.72. The lowest BCUT2D eigenvalue weighted by Gasteiger charge is -2.05. The van der Waals surface area contributed by atoms with Crippen LogP contribution in [0.4, 0.5) is 11.4 Å². The largest absolute Gasteiger partial charge is 0.870 e. The first-order valence-corrected chi connectivity index (χ1v) is 9.25. The fraction of sp³-hybridized carbons (Fsp3) is 0.0667. The van der Waals surface area contributed by atoms with Crippen LogP contribution in [0.5, 0.6) is 11.5 Å². The van der Waals surface area contributed by atoms with Crippen molar-refractivity contribution in [1.82, 2.24) is 15.5 Å². The summed E-state index contributed by atoms with van der Waals surface area (Å²) in [4.78, 5) is 20.0. The topological polar surface area (TPSA) is 242 Å². The van der Waals surface area contributed by atoms with Gasteiger partial charge in [0.15, 0.2) is 21.6 Å². The average Bonchev–Trinajstić information content (AvgIpc) is 3.23. The number of nitrogens with one attached hydrogen (secondary N) is 3. The van der Waals surface area contributed by atoms with Gasteiger partial charge in [0.25, 0.3) is 5.69 Å². The molecule has 0 atom stereocenters. The van der Waals surface area contributed by atoms with Gasteiger partial charge in [-0.3, -0.25) is 19.5 Å². The van der Waals surface area contributed by atoms with Crippen LogP contribution < -0.4 is 15.2 Å². The van der Waals surface area contributed by atoms with Crippen LogP contribution in [0.1, 0.15) is 10.6 Å². The zero-order valence-electron chi connectivity index (χ0n) is 15.6. The van der Waals surface area contributed by atoms with Crippen LogP contribution in [-0.4, -0.2) is 57.0 Å². The lowest BCUT2D eigenvalue weighted by atomic mass is 10.3. The number of anilines is 1. The standard InChI is InChI=1S/C8H7N5O.C7H7NO7S.H2O/c14-8(7-10-12-13-11-7)9-6-4-2-1-3-5-6;1-15-6-2-4(8(10)11)7(3-5(6)9)16(12,13)14;/h1-5H,(H,9,14)(H,10,11,12,13);2-3,9H,1H3,(H,12,13,14);1H2. The molecule has 0 radical (unpaired) electrons. The summed E-state index contributed by atoms with van der Waals surface area (Å²) in [5.74, 6) is -1.07. The maximum atomic E-state index is 11.4. The number of amides is 1. The van der Waals surface area contributed by atoms with Gasteiger partial charge in [0.2, 0.25) is 0 Å². The van der Waals surface area contributed by atoms with Crippen LogP contribution >= 0.6 is 0 Å². The molecule has 0 aliphatic heterocycles. The minimum absolute atomic E-state index is 0. The van der Waals surface area contributed by atoms with E-state index in [-0.39, 0.29) is 23.0 Å². The summed E-state index contributed by atoms with van der Waals surface area (Å²) in [6.45, 7) is 0. The van der Waals surface area contributed by atoms with Crippen molar-refractivity contribution in [3.8, 4) is 11.5 Å². The molecule has 1 amide bonds. The molecule has 6 N–H and O–H groups in total. The molecule has 0 saturated carbocycles. The summed E-state index contributed by atoms with van der Waals surface area (Å²) >= 11 is 0. The summed E-state index contributed by atoms with van der Waals surface area (Å²) in [5.41, 5.74) is -0.161. The fourth-order valence-corrected chi connectivity index (χ4v) is 2.70. The van der Waals surface area contributed by atoms with Crippen LogP contribution in [-0.2, 0) is 10.1 Å². The van der Waals surface area contributed by atoms with E-state index in [9.17, 15) is 28.4 Å². The molecule has 0 aliphatic rings. The molecule has 1 aromatic heterocycles. The molecule has 31 heavy (non-hydrogen) atoms. The van der Waals surface area contributed by atoms with E-state index in [4.69, 9.17) is 4.55 Å². The van der Waals surface area contributed by atoms with Crippen LogP contribution in [0.15, 0.2) is 47.4 Å². The van der Waals surface area contributed by atoms with Gasteiger partial charge in [0, 0.05) is 11.8 Å². The smallest absolute Gasteiger partial charge is 0.387 e. The van der Waals surface area contributed by atoms with E-state index in [0.717, 1.165) is 7.11 Å². The molecule has 0 unspecified atom stereocenters. The first-order chi connectivity index (χ1) is 14.1. The number of nitro groups is 1. The third-order valence-corrected chi connectivity index (χ3v) is 4.24. The Bertz CT molecular complexity index is 1140. The number of rotatable bonds is 5. The number of hydrogen-bond acceptors (Lipinski definition) is 10. The van der Waals surface area contributed by atoms with Crippen LogP contribution in [0.3, 0.4) is 0 Å². The Labute approximate surface area is 173 Å². The van der Waals surface area contributed by atoms with Crippen molar-refractivity contribution >= 4 is 27.4 Å². The normalized spacial score (nSPS) is 10.1. The van der Waals surface area contributed by atoms with Crippen molar-refractivity contribution in [2.75, 3.05) is 12.4 Å². The predicted octanol–water partition coefficient (Wildman–Crippen LogP) is 0.250. The van der Waals surface area contributed by atoms with Crippen molar-refractivity contribution in [2.24, 2.45) is 0 Å². The van der Waals surface area contributed by atoms with Crippen molar-refractivity contribution in [2.45, 2.75) is 4.90 Å². The molecule has 166 valence electrons. The molecule has 0 bridgehead atoms. The quantitative estimate of drug-likeness (QED) is 0.230. The maximum absolute atomic E-state index is 11.4. The third kappa shape index (κ3) is 6.70. The molecule has 0 fully saturated rings. The Kier molecular flexibility index (Phi) is 8.49. The maximum Gasteiger partial charge on any atom is 0.387 e. The minimum Gasteiger partial charge on any atom is -0.870 e. The third-order valence-electron chi connectivity index (χ3n) is 3.36. The molecule has 0 saturated heterocycles. The highest BCUT2D eigenvalue weighted by Crippen LogP contribution is 2.35. The number of para-hydroxylation sites is 1. The number of aromatic hydroxyl groups is 1. The van der Waals surface area contributed by atoms with Gasteiger partial charge in [-0.05, 0) is 12.1 Å². The van der Waals surface area contributed by atoms with E-state index in [2.05, 4.69) is 30.7 Å². The number of aromatic amines is 2. The number of phenols is 1. The highest BCUT2D eigenvalue weighted by atomic mass is 32.2. The van der Waals surface area contributed by atoms with Gasteiger partial charge in [-0.25, -0.2) is 0 Å². The number of nitro benzene ring substituents is 1. The molecule has 2 aromatic carbocycles. The highest BCUT2D eigenvalue weighted by Gasteiger charge is 2.27. The van der Waals surface area contributed by atoms with E-state index in [0.29, 0.717) is 17.8 Å². The molecule has 1 heterocycles. The van der Waals surface area contributed by atoms with Gasteiger partial charge >= 0.3 is 21.8 Å². The number of methoxy groups -OCH3 is 1. The zero-order valence-corrected chi connectivity index (χ0v) is 16.4. The molecule has 0 aliphatic carbocycles. The molecule has 16 heteroatoms. The van der Waals surface area contributed by atoms with E-state index >= 15 is 0 Å². The number of phenolic OH excluding ortho intramolecular Hbond substituents is 1. The van der Waals surface area contributed by atoms with E-state index in [1.165, 1.54) is 0 Å². The number of ether oxygens (including phenoxy) is 1. The number of carbonyl (C=O) groups is 1. The molecule has 3 aromatic rings. The number of H-pyrrole nitrogens is 2. The summed E-state index contributed by atoms with van der Waals surface area (Å²) in [6.07, 6.45) is 0. The first-order valence-electron chi connectivity index (χ1n) is 7.81. The highest BCUT2D eigenvalue weighted by molar-refractivity contribution is 7.86. The monoisotopic (exact) mass is 456 g/mol. The Hall–Kier alpha value is -4.15. The van der Waals surface area contributed by atoms with E-state index in [1.807, 2.05) is 18.2 Å². The van der Waals surface area contributed by atoms with Crippen molar-refractivity contribution < 1.29 is 43.1 Å². The van der Waals surface area contributed by atoms with Crippen molar-refractivity contribution in [1.29, 1.82) is 0 Å². The molecular formula is C15H16N6O9S. The lowest BCUT2D eigenvalue weighted by molar-refractivity contribution is -0.458. The SMILES string of the molecule is COc1cc([N+](=O)[O-])c(S(=O)(=O)O)cc1O.O=C(Nc1ccccc1)c1nn[nH][nH+]1.[OH-]. The van der Waals surface area contributed by atoms with E-state index in [1.54, 1.807) is 12.1 Å². The number of hydrogen-bond donors (Lipinski definition) is 4. The lowest BCUT2D eigenvalue weighted by Crippen LogP contribution is -2.22. The van der Waals surface area contributed by atoms with Crippen LogP contribution in [0.2, 0.25) is 0 Å². The van der Waals surface area contributed by atoms with Gasteiger partial charge in [-0.1, -0.05) is 23.4 Å². The van der Waals surface area contributed by atoms with Gasteiger partial charge in [-0.15, -0.1) is 0 Å². The van der Waals surface area contributed by atoms with Gasteiger partial charge in [-0.2, -0.15) is 13.5 Å². The fourth-order valence-electron chi connectivity index (χ4n) is 2.04. The summed E-state index contributed by atoms with van der Waals surface area (Å²) in [5, 5.41) is 34.2. The number of carbonyl (C=O) groups excluding carboxylic acids is 1. The number of nitrogens with zero attached hydrogens (tertiary/aromatic N) is 3. The Balaban J connectivity index is 0.000000302. The van der Waals surface area contributed by atoms with Gasteiger partial charge < -0.3 is 20.6 Å². The van der Waals surface area contributed by atoms with Crippen LogP contribution in [0, 0.1) is 10.1 Å². The summed E-state index contributed by atoms with van der Waals surface area (Å²) in [7, 11) is -3.64. The zero-order chi connectivity index (χ0) is 22.3. The number of aromatic nitrogens is 4. The van der Waals surface area contributed by atoms with Crippen molar-refractivity contribution in [3.63, 3.8) is 0 Å². The Morgan fingerprint density at radius 1 is 1.29 bits per heavy atom. The van der Waals surface area contributed by atoms with Crippen LogP contribution in [0.25, 0.3) is 0 Å². The molecule has 0 spiro atoms. The van der Waals surface area contributed by atoms with Gasteiger partial charge in [0.05, 0.1) is 18.1 Å². The molecule has 3 rings (SSSR count). The molecular weight excluding hydrogens is 440 g/mol. The second kappa shape index (κ2) is 10.6. The van der Waals surface area contributed by atoms with Gasteiger partial charge in [0.1, 0.15) is 5.10 Å². The number of benzene rings is 2. The summed E-state index contributed by atoms with van der Waals surface area (Å²) < 4.78 is 34.9. The predicted molar refractivity (Wildman–Crippen MR) is 100 cm³/mol.